The number of hydrogen-bond acceptors (Lipinski definition) is 5. The van der Waals surface area contributed by atoms with E-state index in [1.807, 2.05) is 30.3 Å². The van der Waals surface area contributed by atoms with Gasteiger partial charge in [-0.3, -0.25) is 10.1 Å². The molecule has 0 amide bonds. The Labute approximate surface area is 184 Å². The molecule has 0 radical (unpaired) electrons. The van der Waals surface area contributed by atoms with E-state index in [4.69, 9.17) is 15.5 Å². The third-order valence-corrected chi connectivity index (χ3v) is 6.67. The molecule has 6 heteroatoms. The first-order valence-electron chi connectivity index (χ1n) is 10.9. The molecule has 1 aromatic heterocycles. The number of nitro groups is 1. The zero-order valence-corrected chi connectivity index (χ0v) is 17.4. The van der Waals surface area contributed by atoms with Crippen LogP contribution in [0.25, 0.3) is 10.8 Å². The van der Waals surface area contributed by atoms with Gasteiger partial charge in [-0.05, 0) is 42.2 Å². The molecule has 4 aromatic rings. The number of anilines is 1. The molecule has 1 unspecified atom stereocenters. The number of ether oxygens (including phenoxy) is 1. The number of nitrogen functional groups attached to an aromatic ring is 1. The highest BCUT2D eigenvalue weighted by atomic mass is 16.6. The van der Waals surface area contributed by atoms with Crippen LogP contribution in [0.3, 0.4) is 0 Å². The summed E-state index contributed by atoms with van der Waals surface area (Å²) in [6, 6.07) is 19.0. The van der Waals surface area contributed by atoms with Gasteiger partial charge in [0.25, 0.3) is 5.69 Å². The first-order chi connectivity index (χ1) is 15.6. The van der Waals surface area contributed by atoms with Crippen LogP contribution >= 0.6 is 0 Å². The molecule has 0 bridgehead atoms. The lowest BCUT2D eigenvalue weighted by atomic mass is 9.80. The maximum Gasteiger partial charge on any atom is 0.269 e. The van der Waals surface area contributed by atoms with Gasteiger partial charge in [0.05, 0.1) is 4.92 Å². The van der Waals surface area contributed by atoms with E-state index in [0.717, 1.165) is 75.8 Å². The second-order valence-corrected chi connectivity index (χ2v) is 8.47. The number of hydrogen-bond donors (Lipinski definition) is 1. The van der Waals surface area contributed by atoms with Gasteiger partial charge in [-0.25, -0.2) is 4.98 Å². The van der Waals surface area contributed by atoms with Crippen LogP contribution in [0.2, 0.25) is 0 Å². The fourth-order valence-corrected chi connectivity index (χ4v) is 5.11. The molecule has 0 saturated carbocycles. The third-order valence-electron chi connectivity index (χ3n) is 6.67. The SMILES string of the molecule is Nc1c2c(nc3c1C(c1ccc([N+](=O)[O-])cc1)c1ccc4ccccc4c1O3)CCCC2. The number of non-ortho nitro benzene ring substituents is 1. The Kier molecular flexibility index (Phi) is 4.15. The van der Waals surface area contributed by atoms with Gasteiger partial charge in [0.2, 0.25) is 5.88 Å². The molecule has 2 aliphatic rings. The smallest absolute Gasteiger partial charge is 0.269 e. The van der Waals surface area contributed by atoms with Crippen LogP contribution < -0.4 is 10.5 Å². The average Bonchev–Trinajstić information content (AvgIpc) is 2.83. The lowest BCUT2D eigenvalue weighted by molar-refractivity contribution is -0.384. The summed E-state index contributed by atoms with van der Waals surface area (Å²) >= 11 is 0. The lowest BCUT2D eigenvalue weighted by Gasteiger charge is -2.32. The quantitative estimate of drug-likeness (QED) is 0.282. The summed E-state index contributed by atoms with van der Waals surface area (Å²) in [6.45, 7) is 0. The highest BCUT2D eigenvalue weighted by Gasteiger charge is 2.35. The maximum absolute atomic E-state index is 11.2. The van der Waals surface area contributed by atoms with Crippen molar-refractivity contribution in [3.63, 3.8) is 0 Å². The Morgan fingerprint density at radius 1 is 1.00 bits per heavy atom. The molecule has 0 spiro atoms. The second kappa shape index (κ2) is 7.05. The van der Waals surface area contributed by atoms with Gasteiger partial charge in [0, 0.05) is 45.9 Å². The van der Waals surface area contributed by atoms with E-state index in [0.29, 0.717) is 5.88 Å². The van der Waals surface area contributed by atoms with Crippen molar-refractivity contribution >= 4 is 22.1 Å². The Balaban J connectivity index is 1.63. The van der Waals surface area contributed by atoms with Crippen LogP contribution in [-0.4, -0.2) is 9.91 Å². The molecule has 0 saturated heterocycles. The molecule has 2 N–H and O–H groups in total. The van der Waals surface area contributed by atoms with E-state index in [2.05, 4.69) is 18.2 Å². The van der Waals surface area contributed by atoms with Crippen LogP contribution in [0.5, 0.6) is 11.6 Å². The number of nitrogens with two attached hydrogens (primary N) is 1. The molecule has 3 aromatic carbocycles. The van der Waals surface area contributed by atoms with Crippen molar-refractivity contribution in [1.29, 1.82) is 0 Å². The summed E-state index contributed by atoms with van der Waals surface area (Å²) in [5, 5.41) is 13.3. The number of pyridine rings is 1. The van der Waals surface area contributed by atoms with Gasteiger partial charge >= 0.3 is 0 Å². The molecule has 2 heterocycles. The van der Waals surface area contributed by atoms with Crippen molar-refractivity contribution in [2.24, 2.45) is 0 Å². The van der Waals surface area contributed by atoms with E-state index in [1.54, 1.807) is 12.1 Å². The minimum Gasteiger partial charge on any atom is -0.438 e. The van der Waals surface area contributed by atoms with Gasteiger partial charge in [-0.2, -0.15) is 0 Å². The van der Waals surface area contributed by atoms with Gasteiger partial charge in [-0.1, -0.05) is 48.5 Å². The van der Waals surface area contributed by atoms with Crippen molar-refractivity contribution in [3.8, 4) is 11.6 Å². The lowest BCUT2D eigenvalue weighted by Crippen LogP contribution is -2.19. The van der Waals surface area contributed by atoms with Crippen LogP contribution in [0.4, 0.5) is 11.4 Å². The Morgan fingerprint density at radius 2 is 1.78 bits per heavy atom. The summed E-state index contributed by atoms with van der Waals surface area (Å²) in [6.07, 6.45) is 4.02. The van der Waals surface area contributed by atoms with Crippen LogP contribution in [-0.2, 0) is 12.8 Å². The van der Waals surface area contributed by atoms with Gasteiger partial charge < -0.3 is 10.5 Å². The van der Waals surface area contributed by atoms with E-state index >= 15 is 0 Å². The molecule has 1 aliphatic heterocycles. The molecule has 6 nitrogen and oxygen atoms in total. The van der Waals surface area contributed by atoms with E-state index in [-0.39, 0.29) is 16.5 Å². The van der Waals surface area contributed by atoms with Crippen LogP contribution in [0.1, 0.15) is 46.7 Å². The maximum atomic E-state index is 11.2. The minimum atomic E-state index is -0.380. The number of aryl methyl sites for hydroxylation is 1. The van der Waals surface area contributed by atoms with Crippen molar-refractivity contribution < 1.29 is 9.66 Å². The molecule has 1 aliphatic carbocycles. The standard InChI is InChI=1S/C26H21N3O3/c27-24-19-7-3-4-8-21(19)28-26-23(24)22(16-9-12-17(13-10-16)29(30)31)20-14-11-15-5-1-2-6-18(15)25(20)32-26/h1-2,5-6,9-14,22H,3-4,7-8H2,(H2,27,28). The van der Waals surface area contributed by atoms with Crippen molar-refractivity contribution in [3.05, 3.63) is 98.7 Å². The fourth-order valence-electron chi connectivity index (χ4n) is 5.11. The number of benzene rings is 3. The number of aromatic nitrogens is 1. The van der Waals surface area contributed by atoms with E-state index in [9.17, 15) is 10.1 Å². The van der Waals surface area contributed by atoms with Crippen molar-refractivity contribution in [2.45, 2.75) is 31.6 Å². The topological polar surface area (TPSA) is 91.3 Å². The summed E-state index contributed by atoms with van der Waals surface area (Å²) in [7, 11) is 0. The first kappa shape index (κ1) is 18.8. The molecule has 1 atom stereocenters. The molecule has 6 rings (SSSR count). The average molecular weight is 423 g/mol. The number of rotatable bonds is 2. The Bertz CT molecular complexity index is 1400. The van der Waals surface area contributed by atoms with Crippen molar-refractivity contribution in [1.82, 2.24) is 4.98 Å². The molecule has 0 fully saturated rings. The van der Waals surface area contributed by atoms with Crippen LogP contribution in [0, 0.1) is 10.1 Å². The normalized spacial score (nSPS) is 16.6. The number of nitrogens with zero attached hydrogens (tertiary/aromatic N) is 2. The Hall–Kier alpha value is -3.93. The first-order valence-corrected chi connectivity index (χ1v) is 10.9. The van der Waals surface area contributed by atoms with Crippen LogP contribution in [0.15, 0.2) is 60.7 Å². The molecular weight excluding hydrogens is 402 g/mol. The largest absolute Gasteiger partial charge is 0.438 e. The van der Waals surface area contributed by atoms with Crippen molar-refractivity contribution in [2.75, 3.05) is 5.73 Å². The summed E-state index contributed by atoms with van der Waals surface area (Å²) in [5.41, 5.74) is 12.5. The zero-order valence-electron chi connectivity index (χ0n) is 17.4. The molecular formula is C26H21N3O3. The number of nitro benzene ring substituents is 1. The predicted molar refractivity (Wildman–Crippen MR) is 123 cm³/mol. The van der Waals surface area contributed by atoms with Gasteiger partial charge in [0.15, 0.2) is 0 Å². The monoisotopic (exact) mass is 423 g/mol. The molecule has 158 valence electrons. The minimum absolute atomic E-state index is 0.0660. The van der Waals surface area contributed by atoms with Gasteiger partial charge in [-0.15, -0.1) is 0 Å². The zero-order chi connectivity index (χ0) is 21.8. The summed E-state index contributed by atoms with van der Waals surface area (Å²) in [5.74, 6) is 1.12. The molecule has 32 heavy (non-hydrogen) atoms. The Morgan fingerprint density at radius 3 is 2.59 bits per heavy atom. The highest BCUT2D eigenvalue weighted by molar-refractivity contribution is 5.91. The highest BCUT2D eigenvalue weighted by Crippen LogP contribution is 2.52. The summed E-state index contributed by atoms with van der Waals surface area (Å²) in [4.78, 5) is 15.8. The van der Waals surface area contributed by atoms with Gasteiger partial charge in [0.1, 0.15) is 5.75 Å². The predicted octanol–water partition coefficient (Wildman–Crippen LogP) is 5.89. The van der Waals surface area contributed by atoms with E-state index < -0.39 is 0 Å². The second-order valence-electron chi connectivity index (χ2n) is 8.47. The fraction of sp³-hybridized carbons (Fsp3) is 0.192. The number of fused-ring (bicyclic) bond motifs is 5. The third kappa shape index (κ3) is 2.76. The van der Waals surface area contributed by atoms with E-state index in [1.165, 1.54) is 0 Å². The summed E-state index contributed by atoms with van der Waals surface area (Å²) < 4.78 is 6.45.